The summed E-state index contributed by atoms with van der Waals surface area (Å²) in [5.41, 5.74) is 2.35. The first-order chi connectivity index (χ1) is 16.9. The largest absolute Gasteiger partial charge is 0.276 e. The quantitative estimate of drug-likeness (QED) is 0.251. The predicted molar refractivity (Wildman–Crippen MR) is 144 cm³/mol. The Balaban J connectivity index is 1.79. The van der Waals surface area contributed by atoms with Gasteiger partial charge >= 0.3 is 0 Å². The van der Waals surface area contributed by atoms with Crippen LogP contribution < -0.4 is 0 Å². The van der Waals surface area contributed by atoms with E-state index in [4.69, 9.17) is 9.97 Å². The Kier molecular flexibility index (Phi) is 3.54. The first kappa shape index (κ1) is 18.2. The minimum Gasteiger partial charge on any atom is -0.276 e. The van der Waals surface area contributed by atoms with Gasteiger partial charge in [-0.3, -0.25) is 4.57 Å². The molecule has 0 atom stereocenters. The molecule has 34 heavy (non-hydrogen) atoms. The van der Waals surface area contributed by atoms with E-state index >= 15 is 0 Å². The predicted octanol–water partition coefficient (Wildman–Crippen LogP) is 8.25. The summed E-state index contributed by atoms with van der Waals surface area (Å²) in [6.45, 7) is 0. The third kappa shape index (κ3) is 2.25. The number of hydrogen-bond acceptors (Lipinski definition) is 3. The fourth-order valence-electron chi connectivity index (χ4n) is 5.54. The van der Waals surface area contributed by atoms with Gasteiger partial charge in [-0.1, -0.05) is 78.9 Å². The Morgan fingerprint density at radius 1 is 0.529 bits per heavy atom. The molecule has 5 aromatic carbocycles. The van der Waals surface area contributed by atoms with Gasteiger partial charge in [-0.05, 0) is 28.3 Å². The summed E-state index contributed by atoms with van der Waals surface area (Å²) in [6, 6.07) is 32.5. The van der Waals surface area contributed by atoms with Gasteiger partial charge in [-0.15, -0.1) is 11.3 Å². The van der Waals surface area contributed by atoms with Crippen LogP contribution in [0.25, 0.3) is 69.5 Å². The molecule has 158 valence electrons. The smallest absolute Gasteiger partial charge is 0.234 e. The Hall–Kier alpha value is -4.28. The highest BCUT2D eigenvalue weighted by atomic mass is 32.1. The summed E-state index contributed by atoms with van der Waals surface area (Å²) < 4.78 is 4.87. The van der Waals surface area contributed by atoms with Crippen LogP contribution in [0.2, 0.25) is 0 Å². The monoisotopic (exact) mass is 451 g/mol. The molecule has 0 aliphatic heterocycles. The first-order valence-electron chi connectivity index (χ1n) is 11.4. The Morgan fingerprint density at radius 3 is 2.03 bits per heavy atom. The molecule has 8 rings (SSSR count). The van der Waals surface area contributed by atoms with Gasteiger partial charge in [-0.25, -0.2) is 9.97 Å². The molecule has 3 nitrogen and oxygen atoms in total. The van der Waals surface area contributed by atoms with E-state index < -0.39 is 0 Å². The average molecular weight is 452 g/mol. The molecule has 4 heteroatoms. The lowest BCUT2D eigenvalue weighted by atomic mass is 9.98. The first-order valence-corrected chi connectivity index (χ1v) is 12.2. The lowest BCUT2D eigenvalue weighted by Crippen LogP contribution is -2.00. The van der Waals surface area contributed by atoms with Crippen LogP contribution in [0.5, 0.6) is 0 Å². The molecule has 0 bridgehead atoms. The fraction of sp³-hybridized carbons (Fsp3) is 0. The van der Waals surface area contributed by atoms with Crippen LogP contribution in [0.4, 0.5) is 0 Å². The summed E-state index contributed by atoms with van der Waals surface area (Å²) in [6.07, 6.45) is 3.66. The van der Waals surface area contributed by atoms with Crippen molar-refractivity contribution in [2.24, 2.45) is 0 Å². The third-order valence-electron chi connectivity index (χ3n) is 6.88. The summed E-state index contributed by atoms with van der Waals surface area (Å²) in [4.78, 5) is 9.45. The second-order valence-electron chi connectivity index (χ2n) is 8.64. The van der Waals surface area contributed by atoms with E-state index in [2.05, 4.69) is 89.5 Å². The minimum absolute atomic E-state index is 0.702. The molecule has 0 N–H and O–H groups in total. The molecule has 3 heterocycles. The third-order valence-corrected chi connectivity index (χ3v) is 8.06. The molecule has 8 aromatic rings. The standard InChI is InChI=1S/C30H17N3S/c1-2-9-19-18(8-1)14-15-23-25-20-10-3-4-11-21(20)26-22-12-5-6-13-24(22)34-29(26)28(25)33(27(19)23)30-31-16-7-17-32-30/h1-17H. The van der Waals surface area contributed by atoms with E-state index in [9.17, 15) is 0 Å². The molecule has 0 aliphatic carbocycles. The van der Waals surface area contributed by atoms with Crippen LogP contribution in [0, 0.1) is 0 Å². The number of rotatable bonds is 1. The maximum absolute atomic E-state index is 4.73. The Morgan fingerprint density at radius 2 is 1.21 bits per heavy atom. The zero-order chi connectivity index (χ0) is 22.2. The van der Waals surface area contributed by atoms with Crippen LogP contribution in [0.1, 0.15) is 0 Å². The number of thiophene rings is 1. The van der Waals surface area contributed by atoms with E-state index in [-0.39, 0.29) is 0 Å². The van der Waals surface area contributed by atoms with E-state index in [0.717, 1.165) is 5.52 Å². The number of hydrogen-bond donors (Lipinski definition) is 0. The van der Waals surface area contributed by atoms with Crippen LogP contribution in [-0.4, -0.2) is 14.5 Å². The van der Waals surface area contributed by atoms with Crippen molar-refractivity contribution in [3.63, 3.8) is 0 Å². The number of benzene rings is 5. The van der Waals surface area contributed by atoms with Crippen molar-refractivity contribution < 1.29 is 0 Å². The van der Waals surface area contributed by atoms with Gasteiger partial charge < -0.3 is 0 Å². The van der Waals surface area contributed by atoms with Gasteiger partial charge in [-0.2, -0.15) is 0 Å². The minimum atomic E-state index is 0.702. The van der Waals surface area contributed by atoms with Crippen molar-refractivity contribution in [1.29, 1.82) is 0 Å². The number of nitrogens with zero attached hydrogens (tertiary/aromatic N) is 3. The molecule has 0 saturated carbocycles. The van der Waals surface area contributed by atoms with Gasteiger partial charge in [0, 0.05) is 44.0 Å². The van der Waals surface area contributed by atoms with Crippen LogP contribution in [-0.2, 0) is 0 Å². The zero-order valence-corrected chi connectivity index (χ0v) is 18.9. The maximum atomic E-state index is 4.73. The van der Waals surface area contributed by atoms with Crippen molar-refractivity contribution in [3.05, 3.63) is 103 Å². The van der Waals surface area contributed by atoms with E-state index in [0.29, 0.717) is 5.95 Å². The summed E-state index contributed by atoms with van der Waals surface area (Å²) in [5, 5.41) is 10.1. The summed E-state index contributed by atoms with van der Waals surface area (Å²) >= 11 is 1.86. The van der Waals surface area contributed by atoms with Crippen molar-refractivity contribution in [1.82, 2.24) is 14.5 Å². The lowest BCUT2D eigenvalue weighted by molar-refractivity contribution is 0.994. The maximum Gasteiger partial charge on any atom is 0.234 e. The molecular formula is C30H17N3S. The molecular weight excluding hydrogens is 434 g/mol. The van der Waals surface area contributed by atoms with E-state index in [1.165, 1.54) is 58.0 Å². The fourth-order valence-corrected chi connectivity index (χ4v) is 6.80. The summed E-state index contributed by atoms with van der Waals surface area (Å²) in [5.74, 6) is 0.702. The molecule has 0 amide bonds. The van der Waals surface area contributed by atoms with Gasteiger partial charge in [0.25, 0.3) is 0 Å². The highest BCUT2D eigenvalue weighted by Crippen LogP contribution is 2.48. The second-order valence-corrected chi connectivity index (χ2v) is 9.69. The number of fused-ring (bicyclic) bond motifs is 12. The second kappa shape index (κ2) is 6.62. The highest BCUT2D eigenvalue weighted by Gasteiger charge is 2.23. The number of aromatic nitrogens is 3. The zero-order valence-electron chi connectivity index (χ0n) is 18.1. The van der Waals surface area contributed by atoms with Crippen molar-refractivity contribution in [3.8, 4) is 5.95 Å². The SMILES string of the molecule is c1cnc(-n2c3c4ccccc4ccc3c3c4ccccc4c4c5ccccc5sc4c32)nc1. The molecule has 0 radical (unpaired) electrons. The topological polar surface area (TPSA) is 30.7 Å². The van der Waals surface area contributed by atoms with Gasteiger partial charge in [0.15, 0.2) is 0 Å². The summed E-state index contributed by atoms with van der Waals surface area (Å²) in [7, 11) is 0. The molecule has 0 spiro atoms. The highest BCUT2D eigenvalue weighted by molar-refractivity contribution is 7.27. The molecule has 0 fully saturated rings. The van der Waals surface area contributed by atoms with Crippen molar-refractivity contribution >= 4 is 74.9 Å². The van der Waals surface area contributed by atoms with Crippen LogP contribution in [0.15, 0.2) is 103 Å². The molecule has 0 unspecified atom stereocenters. The lowest BCUT2D eigenvalue weighted by Gasteiger charge is -2.09. The van der Waals surface area contributed by atoms with Crippen LogP contribution >= 0.6 is 11.3 Å². The van der Waals surface area contributed by atoms with Gasteiger partial charge in [0.1, 0.15) is 0 Å². The van der Waals surface area contributed by atoms with Gasteiger partial charge in [0.2, 0.25) is 5.95 Å². The molecule has 3 aromatic heterocycles. The van der Waals surface area contributed by atoms with Gasteiger partial charge in [0.05, 0.1) is 15.7 Å². The van der Waals surface area contributed by atoms with Crippen molar-refractivity contribution in [2.75, 3.05) is 0 Å². The van der Waals surface area contributed by atoms with E-state index in [1.54, 1.807) is 0 Å². The molecule has 0 aliphatic rings. The average Bonchev–Trinajstić information content (AvgIpc) is 3.46. The normalized spacial score (nSPS) is 12.1. The molecule has 0 saturated heterocycles. The van der Waals surface area contributed by atoms with E-state index in [1.807, 2.05) is 29.8 Å². The van der Waals surface area contributed by atoms with Crippen molar-refractivity contribution in [2.45, 2.75) is 0 Å². The van der Waals surface area contributed by atoms with Crippen LogP contribution in [0.3, 0.4) is 0 Å². The Labute approximate surface area is 198 Å². The Bertz CT molecular complexity index is 2070.